The summed E-state index contributed by atoms with van der Waals surface area (Å²) < 4.78 is 25.6. The predicted octanol–water partition coefficient (Wildman–Crippen LogP) is 4.42. The monoisotopic (exact) mass is 480 g/mol. The van der Waals surface area contributed by atoms with Gasteiger partial charge in [-0.05, 0) is 54.4 Å². The van der Waals surface area contributed by atoms with E-state index in [0.29, 0.717) is 31.6 Å². The third-order valence-electron chi connectivity index (χ3n) is 6.28. The summed E-state index contributed by atoms with van der Waals surface area (Å²) in [6, 6.07) is 3.35. The number of nitrogens with zero attached hydrogens (tertiary/aromatic N) is 1. The molecule has 33 heavy (non-hydrogen) atoms. The van der Waals surface area contributed by atoms with Gasteiger partial charge in [-0.1, -0.05) is 41.5 Å². The molecule has 186 valence electrons. The van der Waals surface area contributed by atoms with Gasteiger partial charge in [0.15, 0.2) is 9.84 Å². The van der Waals surface area contributed by atoms with Crippen LogP contribution in [0.4, 0.5) is 5.69 Å². The van der Waals surface area contributed by atoms with Crippen molar-refractivity contribution in [3.8, 4) is 5.75 Å². The third kappa shape index (κ3) is 7.19. The van der Waals surface area contributed by atoms with Crippen LogP contribution in [0, 0.1) is 5.92 Å². The van der Waals surface area contributed by atoms with Crippen molar-refractivity contribution < 1.29 is 23.1 Å². The normalized spacial score (nSPS) is 15.5. The highest BCUT2D eigenvalue weighted by Crippen LogP contribution is 2.36. The molecule has 0 radical (unpaired) electrons. The maximum atomic E-state index is 12.8. The van der Waals surface area contributed by atoms with Crippen LogP contribution in [0.25, 0.3) is 0 Å². The summed E-state index contributed by atoms with van der Waals surface area (Å²) in [4.78, 5) is 26.5. The molecule has 1 aromatic carbocycles. The number of hydrogen-bond donors (Lipinski definition) is 2. The molecule has 1 fully saturated rings. The highest BCUT2D eigenvalue weighted by molar-refractivity contribution is 7.92. The Morgan fingerprint density at radius 3 is 2.00 bits per heavy atom. The lowest BCUT2D eigenvalue weighted by Crippen LogP contribution is -2.44. The number of carbonyl (C=O) groups excluding carboxylic acids is 2. The molecule has 2 amide bonds. The number of amides is 2. The van der Waals surface area contributed by atoms with Gasteiger partial charge in [-0.2, -0.15) is 0 Å². The van der Waals surface area contributed by atoms with Crippen LogP contribution in [0.1, 0.15) is 90.2 Å². The Kier molecular flexibility index (Phi) is 9.35. The molecule has 1 saturated heterocycles. The Morgan fingerprint density at radius 2 is 1.55 bits per heavy atom. The average molecular weight is 481 g/mol. The fourth-order valence-electron chi connectivity index (χ4n) is 4.33. The van der Waals surface area contributed by atoms with E-state index in [1.807, 2.05) is 41.5 Å². The van der Waals surface area contributed by atoms with Crippen molar-refractivity contribution in [2.45, 2.75) is 84.3 Å². The number of sulfone groups is 1. The first kappa shape index (κ1) is 27.2. The smallest absolute Gasteiger partial charge is 0.225 e. The van der Waals surface area contributed by atoms with E-state index in [9.17, 15) is 23.1 Å². The van der Waals surface area contributed by atoms with E-state index < -0.39 is 15.1 Å². The van der Waals surface area contributed by atoms with Crippen LogP contribution in [0.3, 0.4) is 0 Å². The minimum atomic E-state index is -3.32. The number of hydrogen-bond acceptors (Lipinski definition) is 5. The summed E-state index contributed by atoms with van der Waals surface area (Å²) in [5, 5.41) is 12.6. The molecule has 1 aliphatic heterocycles. The van der Waals surface area contributed by atoms with E-state index in [2.05, 4.69) is 5.32 Å². The Labute approximate surface area is 198 Å². The Bertz CT molecular complexity index is 917. The van der Waals surface area contributed by atoms with Gasteiger partial charge in [-0.15, -0.1) is 0 Å². The van der Waals surface area contributed by atoms with Crippen LogP contribution in [-0.4, -0.2) is 54.3 Å². The molecule has 1 heterocycles. The fourth-order valence-corrected chi connectivity index (χ4v) is 6.14. The molecular formula is C25H40N2O5S. The van der Waals surface area contributed by atoms with E-state index in [1.165, 1.54) is 0 Å². The zero-order valence-corrected chi connectivity index (χ0v) is 21.7. The summed E-state index contributed by atoms with van der Waals surface area (Å²) in [6.45, 7) is 12.6. The van der Waals surface area contributed by atoms with Crippen LogP contribution in [0.5, 0.6) is 5.75 Å². The second kappa shape index (κ2) is 11.4. The molecule has 0 aromatic heterocycles. The standard InChI is InChI=1S/C25H40N2O5S/c1-16(2)21-14-19(28)15-22(17(3)4)24(21)26-23(29)8-7-13-33(31,32)20-9-11-27(12-10-20)25(30)18(5)6/h14-18,20,28H,7-13H2,1-6H3,(H,26,29). The number of aromatic hydroxyl groups is 1. The number of rotatable bonds is 9. The van der Waals surface area contributed by atoms with E-state index in [-0.39, 0.29) is 53.9 Å². The van der Waals surface area contributed by atoms with E-state index in [0.717, 1.165) is 11.1 Å². The maximum absolute atomic E-state index is 12.8. The van der Waals surface area contributed by atoms with E-state index in [4.69, 9.17) is 0 Å². The topological polar surface area (TPSA) is 104 Å². The van der Waals surface area contributed by atoms with Crippen molar-refractivity contribution in [1.29, 1.82) is 0 Å². The number of piperidine rings is 1. The number of benzene rings is 1. The molecule has 0 atom stereocenters. The van der Waals surface area contributed by atoms with Gasteiger partial charge in [0.25, 0.3) is 0 Å². The largest absolute Gasteiger partial charge is 0.508 e. The first-order chi connectivity index (χ1) is 15.3. The summed E-state index contributed by atoms with van der Waals surface area (Å²) in [6.07, 6.45) is 1.28. The SMILES string of the molecule is CC(C)C(=O)N1CCC(S(=O)(=O)CCCC(=O)Nc2c(C(C)C)cc(O)cc2C(C)C)CC1. The van der Waals surface area contributed by atoms with Gasteiger partial charge >= 0.3 is 0 Å². The number of nitrogens with one attached hydrogen (secondary N) is 1. The molecule has 0 spiro atoms. The van der Waals surface area contributed by atoms with Crippen LogP contribution in [0.15, 0.2) is 12.1 Å². The molecule has 8 heteroatoms. The van der Waals surface area contributed by atoms with Crippen molar-refractivity contribution in [2.75, 3.05) is 24.2 Å². The molecule has 0 bridgehead atoms. The number of carbonyl (C=O) groups is 2. The highest BCUT2D eigenvalue weighted by atomic mass is 32.2. The van der Waals surface area contributed by atoms with Crippen LogP contribution < -0.4 is 5.32 Å². The molecular weight excluding hydrogens is 440 g/mol. The van der Waals surface area contributed by atoms with Crippen molar-refractivity contribution in [1.82, 2.24) is 4.90 Å². The lowest BCUT2D eigenvalue weighted by Gasteiger charge is -2.32. The molecule has 1 aliphatic rings. The minimum absolute atomic E-state index is 0.0349. The number of likely N-dealkylation sites (tertiary alicyclic amines) is 1. The quantitative estimate of drug-likeness (QED) is 0.509. The first-order valence-electron chi connectivity index (χ1n) is 12.0. The molecule has 0 saturated carbocycles. The molecule has 1 aromatic rings. The third-order valence-corrected chi connectivity index (χ3v) is 8.63. The van der Waals surface area contributed by atoms with Gasteiger partial charge in [0, 0.05) is 31.1 Å². The van der Waals surface area contributed by atoms with Crippen LogP contribution in [-0.2, 0) is 19.4 Å². The fraction of sp³-hybridized carbons (Fsp3) is 0.680. The number of anilines is 1. The summed E-state index contributed by atoms with van der Waals surface area (Å²) in [5.41, 5.74) is 2.44. The van der Waals surface area contributed by atoms with Gasteiger partial charge in [0.2, 0.25) is 11.8 Å². The second-order valence-electron chi connectivity index (χ2n) is 10.0. The highest BCUT2D eigenvalue weighted by Gasteiger charge is 2.32. The van der Waals surface area contributed by atoms with Crippen molar-refractivity contribution >= 4 is 27.3 Å². The second-order valence-corrected chi connectivity index (χ2v) is 12.4. The maximum Gasteiger partial charge on any atom is 0.225 e. The zero-order valence-electron chi connectivity index (χ0n) is 20.8. The van der Waals surface area contributed by atoms with Crippen LogP contribution in [0.2, 0.25) is 0 Å². The lowest BCUT2D eigenvalue weighted by molar-refractivity contribution is -0.135. The number of phenolic OH excluding ortho intramolecular Hbond substituents is 1. The van der Waals surface area contributed by atoms with Gasteiger partial charge < -0.3 is 15.3 Å². The van der Waals surface area contributed by atoms with Gasteiger partial charge in [-0.25, -0.2) is 8.42 Å². The predicted molar refractivity (Wildman–Crippen MR) is 132 cm³/mol. The summed E-state index contributed by atoms with van der Waals surface area (Å²) in [7, 11) is -3.32. The first-order valence-corrected chi connectivity index (χ1v) is 13.7. The molecule has 7 nitrogen and oxygen atoms in total. The zero-order chi connectivity index (χ0) is 24.9. The van der Waals surface area contributed by atoms with Gasteiger partial charge in [0.05, 0.1) is 11.0 Å². The summed E-state index contributed by atoms with van der Waals surface area (Å²) >= 11 is 0. The molecule has 2 N–H and O–H groups in total. The van der Waals surface area contributed by atoms with E-state index in [1.54, 1.807) is 17.0 Å². The molecule has 2 rings (SSSR count). The van der Waals surface area contributed by atoms with Crippen molar-refractivity contribution in [3.05, 3.63) is 23.3 Å². The summed E-state index contributed by atoms with van der Waals surface area (Å²) in [5.74, 6) is 0.116. The molecule has 0 unspecified atom stereocenters. The van der Waals surface area contributed by atoms with Crippen molar-refractivity contribution in [2.24, 2.45) is 5.92 Å². The van der Waals surface area contributed by atoms with Crippen molar-refractivity contribution in [3.63, 3.8) is 0 Å². The Hall–Kier alpha value is -2.09. The van der Waals surface area contributed by atoms with Gasteiger partial charge in [-0.3, -0.25) is 9.59 Å². The van der Waals surface area contributed by atoms with Gasteiger partial charge in [0.1, 0.15) is 5.75 Å². The number of phenols is 1. The lowest BCUT2D eigenvalue weighted by atomic mass is 9.92. The minimum Gasteiger partial charge on any atom is -0.508 e. The Balaban J connectivity index is 1.95. The Morgan fingerprint density at radius 1 is 1.03 bits per heavy atom. The van der Waals surface area contributed by atoms with E-state index >= 15 is 0 Å². The molecule has 0 aliphatic carbocycles. The average Bonchev–Trinajstić information content (AvgIpc) is 2.73. The van der Waals surface area contributed by atoms with Crippen LogP contribution >= 0.6 is 0 Å².